The fraction of sp³-hybridized carbons (Fsp3) is 0.552. The van der Waals surface area contributed by atoms with Crippen LogP contribution in [-0.4, -0.2) is 41.7 Å². The molecule has 33 heavy (non-hydrogen) atoms. The monoisotopic (exact) mass is 464 g/mol. The smallest absolute Gasteiger partial charge is 0.251 e. The molecule has 2 aromatic rings. The lowest BCUT2D eigenvalue weighted by molar-refractivity contribution is 0.0341. The number of benzene rings is 2. The highest BCUT2D eigenvalue weighted by Crippen LogP contribution is 2.38. The first kappa shape index (κ1) is 24.3. The number of aryl methyl sites for hydroxylation is 1. The topological polar surface area (TPSA) is 32.3 Å². The van der Waals surface area contributed by atoms with Gasteiger partial charge < -0.3 is 10.2 Å². The van der Waals surface area contributed by atoms with E-state index >= 15 is 0 Å². The number of likely N-dealkylation sites (tertiary alicyclic amines) is 1. The number of hydrogen-bond donors (Lipinski definition) is 1. The maximum atomic E-state index is 13.2. The van der Waals surface area contributed by atoms with E-state index in [0.717, 1.165) is 35.3 Å². The summed E-state index contributed by atoms with van der Waals surface area (Å²) in [5.74, 6) is 3.14. The van der Waals surface area contributed by atoms with Crippen molar-refractivity contribution in [2.75, 3.05) is 18.8 Å². The zero-order valence-corrected chi connectivity index (χ0v) is 21.3. The summed E-state index contributed by atoms with van der Waals surface area (Å²) in [6, 6.07) is 19.2. The van der Waals surface area contributed by atoms with Crippen LogP contribution in [0.25, 0.3) is 0 Å². The molecular formula is C29H40N2OS. The van der Waals surface area contributed by atoms with Crippen LogP contribution in [-0.2, 0) is 0 Å². The highest BCUT2D eigenvalue weighted by atomic mass is 32.2. The SMILES string of the molecule is Cc1ccccc1C(=O)NC(CSc1ccccc1)C(C)CN1C[C@H]2CCCC[C@H]2CC1C. The van der Waals surface area contributed by atoms with Crippen molar-refractivity contribution in [2.24, 2.45) is 17.8 Å². The average molecular weight is 465 g/mol. The molecule has 2 aromatic carbocycles. The van der Waals surface area contributed by atoms with Crippen LogP contribution in [0.4, 0.5) is 0 Å². The highest BCUT2D eigenvalue weighted by Gasteiger charge is 2.36. The quantitative estimate of drug-likeness (QED) is 0.457. The van der Waals surface area contributed by atoms with Gasteiger partial charge in [0.1, 0.15) is 0 Å². The van der Waals surface area contributed by atoms with Crippen LogP contribution in [0.2, 0.25) is 0 Å². The van der Waals surface area contributed by atoms with Crippen LogP contribution < -0.4 is 5.32 Å². The van der Waals surface area contributed by atoms with E-state index in [1.165, 1.54) is 43.5 Å². The molecule has 3 nitrogen and oxygen atoms in total. The molecule has 1 N–H and O–H groups in total. The third-order valence-corrected chi connectivity index (χ3v) is 9.02. The molecule has 4 heteroatoms. The molecule has 0 spiro atoms. The van der Waals surface area contributed by atoms with E-state index in [2.05, 4.69) is 54.4 Å². The minimum Gasteiger partial charge on any atom is -0.348 e. The van der Waals surface area contributed by atoms with Gasteiger partial charge in [-0.15, -0.1) is 11.8 Å². The zero-order valence-electron chi connectivity index (χ0n) is 20.5. The number of amides is 1. The van der Waals surface area contributed by atoms with Crippen molar-refractivity contribution >= 4 is 17.7 Å². The van der Waals surface area contributed by atoms with Gasteiger partial charge in [0.05, 0.1) is 0 Å². The lowest BCUT2D eigenvalue weighted by atomic mass is 9.73. The second-order valence-electron chi connectivity index (χ2n) is 10.3. The van der Waals surface area contributed by atoms with Crippen molar-refractivity contribution in [3.05, 3.63) is 65.7 Å². The molecule has 1 heterocycles. The van der Waals surface area contributed by atoms with Gasteiger partial charge in [-0.3, -0.25) is 4.79 Å². The molecule has 2 aliphatic rings. The minimum atomic E-state index is 0.0534. The van der Waals surface area contributed by atoms with E-state index in [1.54, 1.807) is 0 Å². The van der Waals surface area contributed by atoms with Gasteiger partial charge in [0.2, 0.25) is 0 Å². The molecule has 1 amide bonds. The Morgan fingerprint density at radius 3 is 2.52 bits per heavy atom. The van der Waals surface area contributed by atoms with Gasteiger partial charge >= 0.3 is 0 Å². The van der Waals surface area contributed by atoms with Gasteiger partial charge in [0.25, 0.3) is 5.91 Å². The Morgan fingerprint density at radius 2 is 1.76 bits per heavy atom. The molecule has 4 rings (SSSR count). The van der Waals surface area contributed by atoms with Gasteiger partial charge in [-0.05, 0) is 68.2 Å². The molecule has 2 fully saturated rings. The van der Waals surface area contributed by atoms with Crippen molar-refractivity contribution in [1.82, 2.24) is 10.2 Å². The Balaban J connectivity index is 1.44. The first-order valence-electron chi connectivity index (χ1n) is 12.8. The number of carbonyl (C=O) groups excluding carboxylic acids is 1. The molecule has 1 aliphatic carbocycles. The first-order chi connectivity index (χ1) is 16.0. The summed E-state index contributed by atoms with van der Waals surface area (Å²) in [6.07, 6.45) is 7.01. The molecule has 5 atom stereocenters. The van der Waals surface area contributed by atoms with E-state index in [0.29, 0.717) is 12.0 Å². The summed E-state index contributed by atoms with van der Waals surface area (Å²) < 4.78 is 0. The van der Waals surface area contributed by atoms with Gasteiger partial charge in [-0.2, -0.15) is 0 Å². The summed E-state index contributed by atoms with van der Waals surface area (Å²) in [4.78, 5) is 17.2. The van der Waals surface area contributed by atoms with Gasteiger partial charge in [0.15, 0.2) is 0 Å². The summed E-state index contributed by atoms with van der Waals surface area (Å²) in [5.41, 5.74) is 1.82. The number of rotatable bonds is 8. The zero-order chi connectivity index (χ0) is 23.2. The van der Waals surface area contributed by atoms with E-state index in [-0.39, 0.29) is 11.9 Å². The fourth-order valence-electron chi connectivity index (χ4n) is 5.78. The van der Waals surface area contributed by atoms with Crippen molar-refractivity contribution in [3.8, 4) is 0 Å². The Bertz CT molecular complexity index is 902. The predicted molar refractivity (Wildman–Crippen MR) is 140 cm³/mol. The van der Waals surface area contributed by atoms with Crippen molar-refractivity contribution in [2.45, 2.75) is 69.9 Å². The van der Waals surface area contributed by atoms with Crippen molar-refractivity contribution < 1.29 is 4.79 Å². The highest BCUT2D eigenvalue weighted by molar-refractivity contribution is 7.99. The van der Waals surface area contributed by atoms with Crippen LogP contribution in [0.5, 0.6) is 0 Å². The predicted octanol–water partition coefficient (Wildman–Crippen LogP) is 6.42. The van der Waals surface area contributed by atoms with E-state index in [4.69, 9.17) is 0 Å². The van der Waals surface area contributed by atoms with Gasteiger partial charge in [-0.25, -0.2) is 0 Å². The summed E-state index contributed by atoms with van der Waals surface area (Å²) in [5, 5.41) is 3.42. The normalized spacial score (nSPS) is 25.1. The van der Waals surface area contributed by atoms with Crippen LogP contribution in [0.15, 0.2) is 59.5 Å². The van der Waals surface area contributed by atoms with Crippen LogP contribution in [0, 0.1) is 24.7 Å². The molecule has 0 bridgehead atoms. The Labute approximate surface area is 204 Å². The Hall–Kier alpha value is -1.78. The third-order valence-electron chi connectivity index (χ3n) is 7.89. The Kier molecular flexibility index (Phi) is 8.54. The molecule has 0 aromatic heterocycles. The molecular weight excluding hydrogens is 424 g/mol. The van der Waals surface area contributed by atoms with E-state index in [9.17, 15) is 4.79 Å². The summed E-state index contributed by atoms with van der Waals surface area (Å²) >= 11 is 1.85. The van der Waals surface area contributed by atoms with Gasteiger partial charge in [-0.1, -0.05) is 62.6 Å². The number of piperidine rings is 1. The number of nitrogens with one attached hydrogen (secondary N) is 1. The minimum absolute atomic E-state index is 0.0534. The second kappa shape index (κ2) is 11.6. The van der Waals surface area contributed by atoms with Crippen molar-refractivity contribution in [3.63, 3.8) is 0 Å². The summed E-state index contributed by atoms with van der Waals surface area (Å²) in [7, 11) is 0. The Morgan fingerprint density at radius 1 is 1.06 bits per heavy atom. The van der Waals surface area contributed by atoms with E-state index < -0.39 is 0 Å². The number of hydrogen-bond acceptors (Lipinski definition) is 3. The molecule has 178 valence electrons. The maximum absolute atomic E-state index is 13.2. The van der Waals surface area contributed by atoms with Gasteiger partial charge in [0, 0.05) is 41.4 Å². The fourth-order valence-corrected chi connectivity index (χ4v) is 6.91. The number of carbonyl (C=O) groups is 1. The number of fused-ring (bicyclic) bond motifs is 1. The molecule has 1 saturated heterocycles. The lowest BCUT2D eigenvalue weighted by Gasteiger charge is -2.46. The van der Waals surface area contributed by atoms with Crippen LogP contribution in [0.3, 0.4) is 0 Å². The molecule has 1 aliphatic heterocycles. The lowest BCUT2D eigenvalue weighted by Crippen LogP contribution is -2.51. The van der Waals surface area contributed by atoms with Crippen LogP contribution >= 0.6 is 11.8 Å². The largest absolute Gasteiger partial charge is 0.348 e. The van der Waals surface area contributed by atoms with Crippen molar-refractivity contribution in [1.29, 1.82) is 0 Å². The van der Waals surface area contributed by atoms with E-state index in [1.807, 2.05) is 43.0 Å². The number of thioether (sulfide) groups is 1. The second-order valence-corrected chi connectivity index (χ2v) is 11.4. The summed E-state index contributed by atoms with van der Waals surface area (Å²) in [6.45, 7) is 9.05. The van der Waals surface area contributed by atoms with Crippen LogP contribution in [0.1, 0.15) is 61.9 Å². The number of nitrogens with zero attached hydrogens (tertiary/aromatic N) is 1. The maximum Gasteiger partial charge on any atom is 0.251 e. The molecule has 1 saturated carbocycles. The third kappa shape index (κ3) is 6.42. The first-order valence-corrected chi connectivity index (χ1v) is 13.8. The standard InChI is InChI=1S/C29H40N2OS/c1-21-11-7-10-16-27(21)29(32)30-28(20-33-26-14-5-4-6-15-26)22(2)18-31-19-25-13-9-8-12-24(25)17-23(31)3/h4-7,10-11,14-16,22-25,28H,8-9,12-13,17-20H2,1-3H3,(H,30,32)/t22?,23?,24-,25+,28?/m0/s1. The molecule has 0 radical (unpaired) electrons. The molecule has 3 unspecified atom stereocenters. The average Bonchev–Trinajstić information content (AvgIpc) is 2.83.